The molecule has 8 heteroatoms. The van der Waals surface area contributed by atoms with Gasteiger partial charge in [-0.1, -0.05) is 23.7 Å². The van der Waals surface area contributed by atoms with E-state index >= 15 is 0 Å². The van der Waals surface area contributed by atoms with Gasteiger partial charge in [-0.2, -0.15) is 0 Å². The van der Waals surface area contributed by atoms with Crippen LogP contribution in [0.25, 0.3) is 0 Å². The number of halogens is 1. The maximum Gasteiger partial charge on any atom is 0.272 e. The average Bonchev–Trinajstić information content (AvgIpc) is 3.00. The predicted octanol–water partition coefficient (Wildman–Crippen LogP) is 2.61. The van der Waals surface area contributed by atoms with Gasteiger partial charge in [0.25, 0.3) is 5.91 Å². The molecule has 1 aliphatic rings. The van der Waals surface area contributed by atoms with Gasteiger partial charge in [0.05, 0.1) is 11.5 Å². The molecule has 1 aliphatic heterocycles. The molecule has 26 heavy (non-hydrogen) atoms. The van der Waals surface area contributed by atoms with Gasteiger partial charge in [-0.3, -0.25) is 9.78 Å². The second-order valence-corrected chi connectivity index (χ2v) is 9.05. The number of amides is 1. The van der Waals surface area contributed by atoms with Crippen LogP contribution in [0, 0.1) is 0 Å². The number of benzene rings is 1. The van der Waals surface area contributed by atoms with Crippen molar-refractivity contribution >= 4 is 33.0 Å². The second kappa shape index (κ2) is 7.63. The summed E-state index contributed by atoms with van der Waals surface area (Å²) >= 11 is 5.88. The smallest absolute Gasteiger partial charge is 0.272 e. The molecule has 1 fully saturated rings. The Bertz CT molecular complexity index is 900. The lowest BCUT2D eigenvalue weighted by atomic mass is 10.2. The van der Waals surface area contributed by atoms with Crippen LogP contribution in [0.2, 0.25) is 5.02 Å². The molecule has 6 nitrogen and oxygen atoms in total. The van der Waals surface area contributed by atoms with E-state index in [1.54, 1.807) is 25.4 Å². The number of nitrogens with one attached hydrogen (secondary N) is 1. The molecular formula is C18H20ClN3O3S. The number of carbonyl (C=O) groups excluding carboxylic acids is 1. The highest BCUT2D eigenvalue weighted by molar-refractivity contribution is 7.91. The maximum atomic E-state index is 12.6. The van der Waals surface area contributed by atoms with Gasteiger partial charge in [-0.15, -0.1) is 0 Å². The van der Waals surface area contributed by atoms with E-state index in [0.717, 1.165) is 11.3 Å². The number of carbonyl (C=O) groups is 1. The molecule has 1 aromatic carbocycles. The van der Waals surface area contributed by atoms with Crippen LogP contribution in [0.5, 0.6) is 0 Å². The second-order valence-electron chi connectivity index (χ2n) is 6.38. The molecule has 3 rings (SSSR count). The van der Waals surface area contributed by atoms with Gasteiger partial charge in [0.1, 0.15) is 5.69 Å². The minimum absolute atomic E-state index is 0.0176. The Kier molecular flexibility index (Phi) is 5.48. The van der Waals surface area contributed by atoms with Crippen molar-refractivity contribution < 1.29 is 13.2 Å². The van der Waals surface area contributed by atoms with Gasteiger partial charge in [0.15, 0.2) is 9.84 Å². The van der Waals surface area contributed by atoms with Crippen LogP contribution in [0.4, 0.5) is 5.69 Å². The van der Waals surface area contributed by atoms with Crippen LogP contribution >= 0.6 is 11.6 Å². The molecule has 1 atom stereocenters. The number of hydrogen-bond donors (Lipinski definition) is 1. The van der Waals surface area contributed by atoms with E-state index in [0.29, 0.717) is 18.0 Å². The van der Waals surface area contributed by atoms with Crippen LogP contribution in [0.3, 0.4) is 0 Å². The quantitative estimate of drug-likeness (QED) is 0.844. The summed E-state index contributed by atoms with van der Waals surface area (Å²) in [5.74, 6) is -0.128. The number of hydrogen-bond acceptors (Lipinski definition) is 5. The van der Waals surface area contributed by atoms with Crippen LogP contribution in [-0.4, -0.2) is 48.8 Å². The largest absolute Gasteiger partial charge is 0.381 e. The van der Waals surface area contributed by atoms with Gasteiger partial charge in [0, 0.05) is 36.5 Å². The van der Waals surface area contributed by atoms with E-state index in [9.17, 15) is 13.2 Å². The lowest BCUT2D eigenvalue weighted by Gasteiger charge is -2.23. The number of aromatic nitrogens is 1. The third-order valence-corrected chi connectivity index (χ3v) is 6.47. The van der Waals surface area contributed by atoms with Gasteiger partial charge in [0.2, 0.25) is 0 Å². The van der Waals surface area contributed by atoms with Crippen molar-refractivity contribution in [2.45, 2.75) is 19.0 Å². The Morgan fingerprint density at radius 3 is 2.69 bits per heavy atom. The maximum absolute atomic E-state index is 12.6. The third-order valence-electron chi connectivity index (χ3n) is 4.47. The molecule has 0 radical (unpaired) electrons. The molecule has 0 saturated carbocycles. The summed E-state index contributed by atoms with van der Waals surface area (Å²) in [5, 5.41) is 3.93. The molecular weight excluding hydrogens is 374 g/mol. The zero-order chi connectivity index (χ0) is 18.7. The first-order chi connectivity index (χ1) is 12.3. The SMILES string of the molecule is CN(C(=O)c1cc(NCc2ccc(Cl)cc2)ccn1)C1CCS(=O)(=O)C1. The van der Waals surface area contributed by atoms with E-state index < -0.39 is 9.84 Å². The first-order valence-electron chi connectivity index (χ1n) is 8.26. The molecule has 2 heterocycles. The van der Waals surface area contributed by atoms with E-state index in [1.807, 2.05) is 24.3 Å². The summed E-state index contributed by atoms with van der Waals surface area (Å²) in [6, 6.07) is 10.7. The molecule has 0 bridgehead atoms. The fourth-order valence-corrected chi connectivity index (χ4v) is 4.79. The summed E-state index contributed by atoms with van der Waals surface area (Å²) in [6.45, 7) is 0.589. The van der Waals surface area contributed by atoms with Crippen molar-refractivity contribution in [3.8, 4) is 0 Å². The standard InChI is InChI=1S/C18H20ClN3O3S/c1-22(16-7-9-26(24,25)12-16)18(23)17-10-15(6-8-20-17)21-11-13-2-4-14(19)5-3-13/h2-6,8,10,16H,7,9,11-12H2,1H3,(H,20,21). The fraction of sp³-hybridized carbons (Fsp3) is 0.333. The Labute approximate surface area is 158 Å². The van der Waals surface area contributed by atoms with Crippen molar-refractivity contribution in [2.75, 3.05) is 23.9 Å². The predicted molar refractivity (Wildman–Crippen MR) is 102 cm³/mol. The van der Waals surface area contributed by atoms with Crippen LogP contribution in [0.15, 0.2) is 42.6 Å². The van der Waals surface area contributed by atoms with Crippen LogP contribution in [0.1, 0.15) is 22.5 Å². The summed E-state index contributed by atoms with van der Waals surface area (Å²) in [6.07, 6.45) is 2.04. The summed E-state index contributed by atoms with van der Waals surface area (Å²) < 4.78 is 23.3. The van der Waals surface area contributed by atoms with Gasteiger partial charge >= 0.3 is 0 Å². The van der Waals surface area contributed by atoms with Crippen LogP contribution in [-0.2, 0) is 16.4 Å². The first kappa shape index (κ1) is 18.7. The molecule has 0 spiro atoms. The monoisotopic (exact) mass is 393 g/mol. The Balaban J connectivity index is 1.66. The normalized spacial score (nSPS) is 18.5. The highest BCUT2D eigenvalue weighted by Gasteiger charge is 2.33. The summed E-state index contributed by atoms with van der Waals surface area (Å²) in [7, 11) is -1.41. The molecule has 1 unspecified atom stereocenters. The van der Waals surface area contributed by atoms with Crippen molar-refractivity contribution in [3.63, 3.8) is 0 Å². The zero-order valence-electron chi connectivity index (χ0n) is 14.4. The lowest BCUT2D eigenvalue weighted by molar-refractivity contribution is 0.0742. The minimum Gasteiger partial charge on any atom is -0.381 e. The lowest BCUT2D eigenvalue weighted by Crippen LogP contribution is -2.38. The molecule has 138 valence electrons. The minimum atomic E-state index is -3.04. The summed E-state index contributed by atoms with van der Waals surface area (Å²) in [4.78, 5) is 18.3. The molecule has 1 amide bonds. The Morgan fingerprint density at radius 1 is 1.31 bits per heavy atom. The molecule has 0 aliphatic carbocycles. The number of rotatable bonds is 5. The first-order valence-corrected chi connectivity index (χ1v) is 10.5. The number of pyridine rings is 1. The van der Waals surface area contributed by atoms with E-state index in [1.165, 1.54) is 4.90 Å². The number of nitrogens with zero attached hydrogens (tertiary/aromatic N) is 2. The Hall–Kier alpha value is -2.12. The zero-order valence-corrected chi connectivity index (χ0v) is 15.9. The number of anilines is 1. The summed E-state index contributed by atoms with van der Waals surface area (Å²) in [5.41, 5.74) is 2.12. The van der Waals surface area contributed by atoms with Crippen molar-refractivity contribution in [3.05, 3.63) is 58.9 Å². The molecule has 1 aromatic heterocycles. The average molecular weight is 394 g/mol. The molecule has 1 N–H and O–H groups in total. The number of sulfone groups is 1. The van der Waals surface area contributed by atoms with E-state index in [4.69, 9.17) is 11.6 Å². The van der Waals surface area contributed by atoms with Crippen molar-refractivity contribution in [2.24, 2.45) is 0 Å². The topological polar surface area (TPSA) is 79.4 Å². The fourth-order valence-electron chi connectivity index (χ4n) is 2.89. The molecule has 1 saturated heterocycles. The van der Waals surface area contributed by atoms with Crippen molar-refractivity contribution in [1.29, 1.82) is 0 Å². The van der Waals surface area contributed by atoms with E-state index in [-0.39, 0.29) is 29.1 Å². The van der Waals surface area contributed by atoms with Gasteiger partial charge < -0.3 is 10.2 Å². The van der Waals surface area contributed by atoms with Crippen molar-refractivity contribution in [1.82, 2.24) is 9.88 Å². The highest BCUT2D eigenvalue weighted by atomic mass is 35.5. The van der Waals surface area contributed by atoms with Gasteiger partial charge in [-0.25, -0.2) is 8.42 Å². The highest BCUT2D eigenvalue weighted by Crippen LogP contribution is 2.19. The Morgan fingerprint density at radius 2 is 2.04 bits per heavy atom. The van der Waals surface area contributed by atoms with Crippen LogP contribution < -0.4 is 5.32 Å². The molecule has 2 aromatic rings. The van der Waals surface area contributed by atoms with E-state index in [2.05, 4.69) is 10.3 Å². The van der Waals surface area contributed by atoms with Gasteiger partial charge in [-0.05, 0) is 36.2 Å². The third kappa shape index (κ3) is 4.53.